The molecule has 32 heavy (non-hydrogen) atoms. The number of ether oxygens (including phenoxy) is 1. The zero-order valence-electron chi connectivity index (χ0n) is 18.8. The number of halogens is 1. The van der Waals surface area contributed by atoms with Crippen LogP contribution in [-0.2, 0) is 16.0 Å². The van der Waals surface area contributed by atoms with Gasteiger partial charge in [0.1, 0.15) is 18.4 Å². The van der Waals surface area contributed by atoms with Gasteiger partial charge >= 0.3 is 0 Å². The Hall–Kier alpha value is -2.57. The number of carbonyl (C=O) groups is 2. The summed E-state index contributed by atoms with van der Waals surface area (Å²) in [7, 11) is 0. The Morgan fingerprint density at radius 2 is 1.66 bits per heavy atom. The van der Waals surface area contributed by atoms with Crippen LogP contribution in [0, 0.1) is 5.92 Å². The maximum absolute atomic E-state index is 13.1. The highest BCUT2D eigenvalue weighted by Crippen LogP contribution is 2.23. The summed E-state index contributed by atoms with van der Waals surface area (Å²) < 4.78 is 5.77. The summed E-state index contributed by atoms with van der Waals surface area (Å²) in [6.45, 7) is 8.09. The molecule has 1 N–H and O–H groups in total. The number of para-hydroxylation sites is 1. The van der Waals surface area contributed by atoms with Gasteiger partial charge in [-0.05, 0) is 23.6 Å². The summed E-state index contributed by atoms with van der Waals surface area (Å²) in [6, 6.07) is 16.5. The summed E-state index contributed by atoms with van der Waals surface area (Å²) in [5, 5.41) is 3.56. The molecule has 0 aliphatic carbocycles. The summed E-state index contributed by atoms with van der Waals surface area (Å²) in [6.07, 6.45) is 0.274. The lowest BCUT2D eigenvalue weighted by molar-refractivity contribution is -0.139. The van der Waals surface area contributed by atoms with Crippen LogP contribution in [0.15, 0.2) is 54.6 Å². The van der Waals surface area contributed by atoms with Gasteiger partial charge in [-0.25, -0.2) is 0 Å². The van der Waals surface area contributed by atoms with Gasteiger partial charge in [0.15, 0.2) is 0 Å². The average molecular weight is 458 g/mol. The van der Waals surface area contributed by atoms with E-state index in [1.807, 2.05) is 73.3 Å². The van der Waals surface area contributed by atoms with E-state index in [0.29, 0.717) is 30.5 Å². The van der Waals surface area contributed by atoms with E-state index in [0.717, 1.165) is 25.2 Å². The van der Waals surface area contributed by atoms with E-state index in [4.69, 9.17) is 16.3 Å². The van der Waals surface area contributed by atoms with Gasteiger partial charge in [-0.3, -0.25) is 14.5 Å². The number of hydrogen-bond donors (Lipinski definition) is 1. The molecular weight excluding hydrogens is 426 g/mol. The first-order valence-electron chi connectivity index (χ1n) is 11.2. The highest BCUT2D eigenvalue weighted by atomic mass is 35.5. The van der Waals surface area contributed by atoms with E-state index < -0.39 is 6.04 Å². The van der Waals surface area contributed by atoms with Crippen LogP contribution >= 0.6 is 11.6 Å². The number of nitrogens with zero attached hydrogens (tertiary/aromatic N) is 2. The molecule has 2 amide bonds. The van der Waals surface area contributed by atoms with Crippen molar-refractivity contribution in [1.82, 2.24) is 15.1 Å². The Morgan fingerprint density at radius 3 is 2.31 bits per heavy atom. The van der Waals surface area contributed by atoms with E-state index in [2.05, 4.69) is 10.2 Å². The van der Waals surface area contributed by atoms with Crippen LogP contribution in [0.5, 0.6) is 5.75 Å². The number of hydrogen-bond acceptors (Lipinski definition) is 4. The molecule has 3 rings (SSSR count). The Bertz CT molecular complexity index is 883. The zero-order valence-corrected chi connectivity index (χ0v) is 19.6. The fourth-order valence-corrected chi connectivity index (χ4v) is 3.94. The van der Waals surface area contributed by atoms with E-state index in [1.165, 1.54) is 0 Å². The number of amides is 2. The third kappa shape index (κ3) is 6.97. The molecule has 1 aliphatic heterocycles. The Morgan fingerprint density at radius 1 is 1.00 bits per heavy atom. The monoisotopic (exact) mass is 457 g/mol. The minimum Gasteiger partial charge on any atom is -0.491 e. The van der Waals surface area contributed by atoms with Gasteiger partial charge in [-0.1, -0.05) is 67.9 Å². The number of rotatable bonds is 9. The van der Waals surface area contributed by atoms with Gasteiger partial charge in [0.2, 0.25) is 11.8 Å². The topological polar surface area (TPSA) is 61.9 Å². The molecule has 0 bridgehead atoms. The van der Waals surface area contributed by atoms with Crippen LogP contribution in [0.3, 0.4) is 0 Å². The number of piperazine rings is 1. The number of nitrogens with one attached hydrogen (secondary N) is 1. The fourth-order valence-electron chi connectivity index (χ4n) is 3.75. The van der Waals surface area contributed by atoms with Crippen LogP contribution in [0.4, 0.5) is 0 Å². The van der Waals surface area contributed by atoms with Crippen molar-refractivity contribution in [1.29, 1.82) is 0 Å². The van der Waals surface area contributed by atoms with Crippen molar-refractivity contribution >= 4 is 23.4 Å². The molecule has 1 aliphatic rings. The molecule has 7 heteroatoms. The number of benzene rings is 2. The van der Waals surface area contributed by atoms with Gasteiger partial charge in [0.05, 0.1) is 11.4 Å². The summed E-state index contributed by atoms with van der Waals surface area (Å²) in [4.78, 5) is 29.8. The largest absolute Gasteiger partial charge is 0.491 e. The minimum absolute atomic E-state index is 0.00613. The quantitative estimate of drug-likeness (QED) is 0.628. The van der Waals surface area contributed by atoms with Gasteiger partial charge in [0.25, 0.3) is 0 Å². The van der Waals surface area contributed by atoms with Crippen molar-refractivity contribution < 1.29 is 14.3 Å². The summed E-state index contributed by atoms with van der Waals surface area (Å²) in [5.74, 6) is 0.574. The van der Waals surface area contributed by atoms with Crippen molar-refractivity contribution in [2.45, 2.75) is 26.3 Å². The molecule has 1 fully saturated rings. The molecule has 2 aromatic carbocycles. The van der Waals surface area contributed by atoms with Crippen LogP contribution in [0.1, 0.15) is 19.4 Å². The minimum atomic E-state index is -0.513. The molecule has 1 heterocycles. The van der Waals surface area contributed by atoms with Crippen LogP contribution in [0.25, 0.3) is 0 Å². The zero-order chi connectivity index (χ0) is 22.9. The first-order valence-corrected chi connectivity index (χ1v) is 11.5. The highest BCUT2D eigenvalue weighted by Gasteiger charge is 2.30. The van der Waals surface area contributed by atoms with Gasteiger partial charge < -0.3 is 15.0 Å². The third-order valence-corrected chi connectivity index (χ3v) is 5.95. The lowest BCUT2D eigenvalue weighted by Gasteiger charge is -2.37. The van der Waals surface area contributed by atoms with Gasteiger partial charge in [0, 0.05) is 32.7 Å². The summed E-state index contributed by atoms with van der Waals surface area (Å²) in [5.41, 5.74) is 0.938. The molecule has 0 aromatic heterocycles. The molecule has 0 radical (unpaired) electrons. The lowest BCUT2D eigenvalue weighted by atomic mass is 10.0. The predicted octanol–water partition coefficient (Wildman–Crippen LogP) is 3.25. The van der Waals surface area contributed by atoms with E-state index >= 15 is 0 Å². The smallest absolute Gasteiger partial charge is 0.245 e. The summed E-state index contributed by atoms with van der Waals surface area (Å²) >= 11 is 6.12. The molecule has 0 unspecified atom stereocenters. The first-order chi connectivity index (χ1) is 15.4. The fraction of sp³-hybridized carbons (Fsp3) is 0.440. The molecule has 0 spiro atoms. The normalized spacial score (nSPS) is 15.4. The SMILES string of the molecule is CC(C)[C@H](NC(=O)Cc1ccccc1)C(=O)N1CCN(CCOc2ccccc2Cl)CC1. The number of carbonyl (C=O) groups excluding carboxylic acids is 2. The highest BCUT2D eigenvalue weighted by molar-refractivity contribution is 6.32. The molecule has 2 aromatic rings. The van der Waals surface area contributed by atoms with Gasteiger partial charge in [-0.15, -0.1) is 0 Å². The van der Waals surface area contributed by atoms with Crippen molar-refractivity contribution in [3.05, 3.63) is 65.2 Å². The van der Waals surface area contributed by atoms with Crippen molar-refractivity contribution in [3.63, 3.8) is 0 Å². The van der Waals surface area contributed by atoms with Crippen molar-refractivity contribution in [3.8, 4) is 5.75 Å². The van der Waals surface area contributed by atoms with Crippen LogP contribution in [-0.4, -0.2) is 67.0 Å². The third-order valence-electron chi connectivity index (χ3n) is 5.64. The molecular formula is C25H32ClN3O3. The average Bonchev–Trinajstić information content (AvgIpc) is 2.79. The molecule has 6 nitrogen and oxygen atoms in total. The molecule has 1 saturated heterocycles. The molecule has 1 atom stereocenters. The van der Waals surface area contributed by atoms with Crippen molar-refractivity contribution in [2.24, 2.45) is 5.92 Å². The second kappa shape index (κ2) is 11.9. The maximum atomic E-state index is 13.1. The standard InChI is InChI=1S/C25H32ClN3O3/c1-19(2)24(27-23(30)18-20-8-4-3-5-9-20)25(31)29-14-12-28(13-15-29)16-17-32-22-11-7-6-10-21(22)26/h3-11,19,24H,12-18H2,1-2H3,(H,27,30)/t24-/m0/s1. The van der Waals surface area contributed by atoms with Crippen molar-refractivity contribution in [2.75, 3.05) is 39.3 Å². The van der Waals surface area contributed by atoms with Crippen LogP contribution in [0.2, 0.25) is 5.02 Å². The molecule has 172 valence electrons. The Labute approximate surface area is 195 Å². The predicted molar refractivity (Wildman–Crippen MR) is 127 cm³/mol. The molecule has 0 saturated carbocycles. The van der Waals surface area contributed by atoms with Crippen LogP contribution < -0.4 is 10.1 Å². The first kappa shape index (κ1) is 24.1. The lowest BCUT2D eigenvalue weighted by Crippen LogP contribution is -2.56. The van der Waals surface area contributed by atoms with E-state index in [9.17, 15) is 9.59 Å². The maximum Gasteiger partial charge on any atom is 0.245 e. The van der Waals surface area contributed by atoms with Gasteiger partial charge in [-0.2, -0.15) is 0 Å². The van der Waals surface area contributed by atoms with E-state index in [1.54, 1.807) is 0 Å². The van der Waals surface area contributed by atoms with E-state index in [-0.39, 0.29) is 24.2 Å². The second-order valence-electron chi connectivity index (χ2n) is 8.40. The Kier molecular flexibility index (Phi) is 8.94. The Balaban J connectivity index is 1.44. The second-order valence-corrected chi connectivity index (χ2v) is 8.80.